The van der Waals surface area contributed by atoms with Crippen LogP contribution in [0.5, 0.6) is 0 Å². The van der Waals surface area contributed by atoms with Gasteiger partial charge in [0, 0.05) is 11.6 Å². The van der Waals surface area contributed by atoms with Crippen molar-refractivity contribution in [2.45, 2.75) is 70.9 Å². The highest BCUT2D eigenvalue weighted by molar-refractivity contribution is 5.19. The van der Waals surface area contributed by atoms with Crippen LogP contribution in [0.1, 0.15) is 70.9 Å². The summed E-state index contributed by atoms with van der Waals surface area (Å²) < 4.78 is 0. The fraction of sp³-hybridized carbons (Fsp3) is 0.667. The number of nitrogens with one attached hydrogen (secondary N) is 1. The molecule has 1 aliphatic rings. The summed E-state index contributed by atoms with van der Waals surface area (Å²) in [4.78, 5) is 0. The minimum Gasteiger partial charge on any atom is -0.305 e. The molecule has 0 aliphatic heterocycles. The summed E-state index contributed by atoms with van der Waals surface area (Å²) in [7, 11) is 0. The Labute approximate surface area is 118 Å². The maximum Gasteiger partial charge on any atom is 0.0324 e. The highest BCUT2D eigenvalue weighted by Gasteiger charge is 2.21. The standard InChI is InChI=1S/C18H29N/c1-18(2,3)19-17(16-11-5-4-6-12-16)14-13-15-9-7-8-10-15/h4-6,11-12,15,17,19H,7-10,13-14H2,1-3H3. The molecule has 106 valence electrons. The summed E-state index contributed by atoms with van der Waals surface area (Å²) in [6.07, 6.45) is 8.46. The van der Waals surface area contributed by atoms with Gasteiger partial charge in [-0.15, -0.1) is 0 Å². The van der Waals surface area contributed by atoms with Crippen LogP contribution in [-0.2, 0) is 0 Å². The summed E-state index contributed by atoms with van der Waals surface area (Å²) >= 11 is 0. The molecule has 2 rings (SSSR count). The summed E-state index contributed by atoms with van der Waals surface area (Å²) in [5.41, 5.74) is 1.62. The molecule has 1 saturated carbocycles. The van der Waals surface area contributed by atoms with Gasteiger partial charge in [-0.05, 0) is 45.1 Å². The molecule has 1 heteroatoms. The Hall–Kier alpha value is -0.820. The zero-order chi connectivity index (χ0) is 13.7. The van der Waals surface area contributed by atoms with Crippen molar-refractivity contribution in [3.05, 3.63) is 35.9 Å². The van der Waals surface area contributed by atoms with Crippen LogP contribution in [0.2, 0.25) is 0 Å². The molecule has 1 aromatic carbocycles. The van der Waals surface area contributed by atoms with E-state index < -0.39 is 0 Å². The Morgan fingerprint density at radius 3 is 2.32 bits per heavy atom. The van der Waals surface area contributed by atoms with Crippen molar-refractivity contribution in [2.75, 3.05) is 0 Å². The predicted octanol–water partition coefficient (Wildman–Crippen LogP) is 5.09. The Kier molecular flexibility index (Phi) is 5.04. The molecular weight excluding hydrogens is 230 g/mol. The van der Waals surface area contributed by atoms with E-state index >= 15 is 0 Å². The van der Waals surface area contributed by atoms with E-state index in [0.29, 0.717) is 6.04 Å². The molecule has 1 unspecified atom stereocenters. The van der Waals surface area contributed by atoms with Gasteiger partial charge in [0.2, 0.25) is 0 Å². The first-order valence-corrected chi connectivity index (χ1v) is 7.87. The van der Waals surface area contributed by atoms with Crippen LogP contribution in [0.3, 0.4) is 0 Å². The average molecular weight is 259 g/mol. The van der Waals surface area contributed by atoms with Gasteiger partial charge >= 0.3 is 0 Å². The minimum atomic E-state index is 0.177. The fourth-order valence-electron chi connectivity index (χ4n) is 3.23. The molecule has 0 radical (unpaired) electrons. The monoisotopic (exact) mass is 259 g/mol. The molecular formula is C18H29N. The molecule has 0 saturated heterocycles. The average Bonchev–Trinajstić information content (AvgIpc) is 2.87. The summed E-state index contributed by atoms with van der Waals surface area (Å²) in [6.45, 7) is 6.79. The second kappa shape index (κ2) is 6.56. The van der Waals surface area contributed by atoms with Crippen LogP contribution < -0.4 is 5.32 Å². The molecule has 0 aromatic heterocycles. The van der Waals surface area contributed by atoms with Crippen LogP contribution in [0.15, 0.2) is 30.3 Å². The van der Waals surface area contributed by atoms with Crippen molar-refractivity contribution < 1.29 is 0 Å². The van der Waals surface area contributed by atoms with Gasteiger partial charge < -0.3 is 5.32 Å². The van der Waals surface area contributed by atoms with Gasteiger partial charge in [0.05, 0.1) is 0 Å². The molecule has 1 aliphatic carbocycles. The Morgan fingerprint density at radius 2 is 1.74 bits per heavy atom. The lowest BCUT2D eigenvalue weighted by molar-refractivity contribution is 0.327. The summed E-state index contributed by atoms with van der Waals surface area (Å²) in [5.74, 6) is 0.980. The van der Waals surface area contributed by atoms with Crippen LogP contribution in [0, 0.1) is 5.92 Å². The summed E-state index contributed by atoms with van der Waals surface area (Å²) in [6, 6.07) is 11.4. The molecule has 0 amide bonds. The third kappa shape index (κ3) is 4.99. The lowest BCUT2D eigenvalue weighted by Crippen LogP contribution is -2.39. The zero-order valence-electron chi connectivity index (χ0n) is 12.8. The molecule has 1 aromatic rings. The van der Waals surface area contributed by atoms with E-state index in [1.54, 1.807) is 0 Å². The van der Waals surface area contributed by atoms with Gasteiger partial charge in [0.25, 0.3) is 0 Å². The van der Waals surface area contributed by atoms with Crippen molar-refractivity contribution in [1.82, 2.24) is 5.32 Å². The van der Waals surface area contributed by atoms with E-state index in [2.05, 4.69) is 56.4 Å². The van der Waals surface area contributed by atoms with Crippen LogP contribution >= 0.6 is 0 Å². The van der Waals surface area contributed by atoms with Gasteiger partial charge in [-0.2, -0.15) is 0 Å². The topological polar surface area (TPSA) is 12.0 Å². The number of hydrogen-bond acceptors (Lipinski definition) is 1. The maximum absolute atomic E-state index is 3.80. The molecule has 0 spiro atoms. The van der Waals surface area contributed by atoms with E-state index in [4.69, 9.17) is 0 Å². The number of rotatable bonds is 5. The summed E-state index contributed by atoms with van der Waals surface area (Å²) in [5, 5.41) is 3.80. The molecule has 19 heavy (non-hydrogen) atoms. The fourth-order valence-corrected chi connectivity index (χ4v) is 3.23. The lowest BCUT2D eigenvalue weighted by atomic mass is 9.93. The van der Waals surface area contributed by atoms with Gasteiger partial charge in [0.1, 0.15) is 0 Å². The van der Waals surface area contributed by atoms with Crippen molar-refractivity contribution >= 4 is 0 Å². The molecule has 0 heterocycles. The van der Waals surface area contributed by atoms with Crippen LogP contribution in [-0.4, -0.2) is 5.54 Å². The van der Waals surface area contributed by atoms with Crippen LogP contribution in [0.4, 0.5) is 0 Å². The molecule has 1 N–H and O–H groups in total. The minimum absolute atomic E-state index is 0.177. The SMILES string of the molecule is CC(C)(C)NC(CCC1CCCC1)c1ccccc1. The van der Waals surface area contributed by atoms with Crippen LogP contribution in [0.25, 0.3) is 0 Å². The molecule has 1 fully saturated rings. The zero-order valence-corrected chi connectivity index (χ0v) is 12.8. The maximum atomic E-state index is 3.80. The van der Waals surface area contributed by atoms with E-state index in [1.807, 2.05) is 0 Å². The first-order valence-electron chi connectivity index (χ1n) is 7.87. The third-order valence-corrected chi connectivity index (χ3v) is 4.15. The largest absolute Gasteiger partial charge is 0.305 e. The highest BCUT2D eigenvalue weighted by atomic mass is 15.0. The quantitative estimate of drug-likeness (QED) is 0.777. The number of hydrogen-bond donors (Lipinski definition) is 1. The Bertz CT molecular complexity index is 357. The van der Waals surface area contributed by atoms with E-state index in [1.165, 1.54) is 44.1 Å². The molecule has 1 atom stereocenters. The van der Waals surface area contributed by atoms with E-state index in [0.717, 1.165) is 5.92 Å². The first kappa shape index (κ1) is 14.6. The van der Waals surface area contributed by atoms with Gasteiger partial charge in [-0.3, -0.25) is 0 Å². The Morgan fingerprint density at radius 1 is 1.11 bits per heavy atom. The third-order valence-electron chi connectivity index (χ3n) is 4.15. The lowest BCUT2D eigenvalue weighted by Gasteiger charge is -2.29. The second-order valence-electron chi connectivity index (χ2n) is 7.09. The van der Waals surface area contributed by atoms with Crippen molar-refractivity contribution in [3.8, 4) is 0 Å². The van der Waals surface area contributed by atoms with Crippen molar-refractivity contribution in [2.24, 2.45) is 5.92 Å². The predicted molar refractivity (Wildman–Crippen MR) is 83.3 cm³/mol. The van der Waals surface area contributed by atoms with Crippen molar-refractivity contribution in [3.63, 3.8) is 0 Å². The van der Waals surface area contributed by atoms with Gasteiger partial charge in [0.15, 0.2) is 0 Å². The second-order valence-corrected chi connectivity index (χ2v) is 7.09. The van der Waals surface area contributed by atoms with Gasteiger partial charge in [-0.1, -0.05) is 56.0 Å². The van der Waals surface area contributed by atoms with E-state index in [9.17, 15) is 0 Å². The van der Waals surface area contributed by atoms with Gasteiger partial charge in [-0.25, -0.2) is 0 Å². The Balaban J connectivity index is 1.97. The van der Waals surface area contributed by atoms with E-state index in [-0.39, 0.29) is 5.54 Å². The molecule has 1 nitrogen and oxygen atoms in total. The number of benzene rings is 1. The smallest absolute Gasteiger partial charge is 0.0324 e. The highest BCUT2D eigenvalue weighted by Crippen LogP contribution is 2.32. The normalized spacial score (nSPS) is 18.7. The first-order chi connectivity index (χ1) is 9.04. The molecule has 0 bridgehead atoms. The van der Waals surface area contributed by atoms with Crippen molar-refractivity contribution in [1.29, 1.82) is 0 Å².